The predicted molar refractivity (Wildman–Crippen MR) is 126 cm³/mol. The van der Waals surface area contributed by atoms with Gasteiger partial charge in [-0.05, 0) is 35.9 Å². The summed E-state index contributed by atoms with van der Waals surface area (Å²) in [4.78, 5) is 4.15. The van der Waals surface area contributed by atoms with E-state index in [1.54, 1.807) is 26.3 Å². The number of halogens is 3. The molecule has 2 aromatic carbocycles. The van der Waals surface area contributed by atoms with Gasteiger partial charge in [0.2, 0.25) is 0 Å². The Kier molecular flexibility index (Phi) is 12.6. The van der Waals surface area contributed by atoms with Crippen LogP contribution in [0.2, 0.25) is 0 Å². The molecule has 31 heavy (non-hydrogen) atoms. The molecule has 0 saturated heterocycles. The van der Waals surface area contributed by atoms with Crippen molar-refractivity contribution < 1.29 is 27.7 Å². The Morgan fingerprint density at radius 2 is 1.65 bits per heavy atom. The topological polar surface area (TPSA) is 73.3 Å². The van der Waals surface area contributed by atoms with Crippen LogP contribution in [0.4, 0.5) is 8.78 Å². The largest absolute Gasteiger partial charge is 0.497 e. The van der Waals surface area contributed by atoms with Crippen molar-refractivity contribution in [2.45, 2.75) is 19.7 Å². The Hall–Kier alpha value is -2.34. The van der Waals surface area contributed by atoms with Gasteiger partial charge in [0.25, 0.3) is 0 Å². The Bertz CT molecular complexity index is 808. The number of ether oxygens (including phenoxy) is 4. The highest BCUT2D eigenvalue weighted by Crippen LogP contribution is 2.25. The molecule has 0 heterocycles. The molecule has 0 aromatic heterocycles. The number of rotatable bonds is 11. The van der Waals surface area contributed by atoms with Gasteiger partial charge in [-0.15, -0.1) is 24.0 Å². The molecule has 10 heteroatoms. The van der Waals surface area contributed by atoms with Crippen LogP contribution in [0.5, 0.6) is 17.2 Å². The molecule has 0 aliphatic carbocycles. The summed E-state index contributed by atoms with van der Waals surface area (Å²) in [7, 11) is 4.76. The zero-order valence-corrected chi connectivity index (χ0v) is 20.0. The van der Waals surface area contributed by atoms with E-state index in [1.807, 2.05) is 24.3 Å². The third kappa shape index (κ3) is 9.55. The lowest BCUT2D eigenvalue weighted by Crippen LogP contribution is -2.36. The molecule has 2 N–H and O–H groups in total. The molecule has 0 unspecified atom stereocenters. The highest BCUT2D eigenvalue weighted by Gasteiger charge is 2.11. The fourth-order valence-electron chi connectivity index (χ4n) is 2.56. The second-order valence-corrected chi connectivity index (χ2v) is 6.12. The number of hydrogen-bond donors (Lipinski definition) is 2. The third-order valence-electron chi connectivity index (χ3n) is 4.09. The number of benzene rings is 2. The Morgan fingerprint density at radius 1 is 0.968 bits per heavy atom. The summed E-state index contributed by atoms with van der Waals surface area (Å²) in [5, 5.41) is 6.26. The van der Waals surface area contributed by atoms with Gasteiger partial charge in [-0.25, -0.2) is 0 Å². The van der Waals surface area contributed by atoms with Crippen LogP contribution in [0.3, 0.4) is 0 Å². The minimum atomic E-state index is -2.91. The van der Waals surface area contributed by atoms with Crippen LogP contribution in [0.25, 0.3) is 0 Å². The Labute approximate surface area is 198 Å². The van der Waals surface area contributed by atoms with Crippen molar-refractivity contribution in [2.24, 2.45) is 4.99 Å². The number of methoxy groups -OCH3 is 2. The normalized spacial score (nSPS) is 11.0. The SMILES string of the molecule is CN=C(NCc1ccc(OCCOC)cc1)NCc1cc(OC)ccc1OC(F)F.I. The van der Waals surface area contributed by atoms with Gasteiger partial charge in [-0.1, -0.05) is 12.1 Å². The molecule has 0 aliphatic heterocycles. The molecule has 0 amide bonds. The molecule has 0 atom stereocenters. The van der Waals surface area contributed by atoms with E-state index in [-0.39, 0.29) is 36.3 Å². The van der Waals surface area contributed by atoms with Crippen LogP contribution >= 0.6 is 24.0 Å². The first-order valence-corrected chi connectivity index (χ1v) is 9.32. The Morgan fingerprint density at radius 3 is 2.26 bits per heavy atom. The molecule has 0 radical (unpaired) electrons. The summed E-state index contributed by atoms with van der Waals surface area (Å²) < 4.78 is 45.5. The van der Waals surface area contributed by atoms with Crippen molar-refractivity contribution in [3.8, 4) is 17.2 Å². The maximum Gasteiger partial charge on any atom is 0.387 e. The first-order valence-electron chi connectivity index (χ1n) is 9.32. The molecule has 0 bridgehead atoms. The zero-order valence-electron chi connectivity index (χ0n) is 17.7. The lowest BCUT2D eigenvalue weighted by molar-refractivity contribution is -0.0505. The number of aliphatic imine (C=N–C) groups is 1. The summed E-state index contributed by atoms with van der Waals surface area (Å²) in [5.74, 6) is 1.91. The standard InChI is InChI=1S/C21H27F2N3O4.HI/c1-24-21(25-13-15-4-6-17(7-5-15)29-11-10-27-2)26-14-16-12-18(28-3)8-9-19(16)30-20(22)23;/h4-9,12,20H,10-11,13-14H2,1-3H3,(H2,24,25,26);1H. The van der Waals surface area contributed by atoms with Crippen LogP contribution in [0, 0.1) is 0 Å². The average Bonchev–Trinajstić information content (AvgIpc) is 2.75. The molecular formula is C21H28F2IN3O4. The van der Waals surface area contributed by atoms with Crippen molar-refractivity contribution in [1.82, 2.24) is 10.6 Å². The average molecular weight is 551 g/mol. The van der Waals surface area contributed by atoms with Gasteiger partial charge in [0, 0.05) is 32.8 Å². The quantitative estimate of drug-likeness (QED) is 0.192. The molecule has 0 fully saturated rings. The van der Waals surface area contributed by atoms with E-state index in [0.717, 1.165) is 11.3 Å². The summed E-state index contributed by atoms with van der Waals surface area (Å²) in [6.45, 7) is -1.13. The molecule has 0 aliphatic rings. The number of nitrogens with zero attached hydrogens (tertiary/aromatic N) is 1. The summed E-state index contributed by atoms with van der Waals surface area (Å²) >= 11 is 0. The van der Waals surface area contributed by atoms with Crippen molar-refractivity contribution >= 4 is 29.9 Å². The van der Waals surface area contributed by atoms with Crippen molar-refractivity contribution in [1.29, 1.82) is 0 Å². The lowest BCUT2D eigenvalue weighted by Gasteiger charge is -2.15. The Balaban J connectivity index is 0.00000480. The highest BCUT2D eigenvalue weighted by molar-refractivity contribution is 14.0. The maximum absolute atomic E-state index is 12.6. The highest BCUT2D eigenvalue weighted by atomic mass is 127. The van der Waals surface area contributed by atoms with Crippen molar-refractivity contribution in [2.75, 3.05) is 34.5 Å². The van der Waals surface area contributed by atoms with Gasteiger partial charge in [0.1, 0.15) is 23.9 Å². The lowest BCUT2D eigenvalue weighted by atomic mass is 10.2. The molecule has 0 saturated carbocycles. The minimum Gasteiger partial charge on any atom is -0.497 e. The van der Waals surface area contributed by atoms with E-state index in [9.17, 15) is 8.78 Å². The van der Waals surface area contributed by atoms with Crippen LogP contribution < -0.4 is 24.8 Å². The fraction of sp³-hybridized carbons (Fsp3) is 0.381. The smallest absolute Gasteiger partial charge is 0.387 e. The van der Waals surface area contributed by atoms with E-state index < -0.39 is 6.61 Å². The molecule has 2 aromatic rings. The van der Waals surface area contributed by atoms with Gasteiger partial charge in [-0.3, -0.25) is 4.99 Å². The predicted octanol–water partition coefficient (Wildman–Crippen LogP) is 3.81. The van der Waals surface area contributed by atoms with E-state index in [2.05, 4.69) is 20.4 Å². The zero-order chi connectivity index (χ0) is 21.8. The second kappa shape index (κ2) is 14.6. The molecule has 7 nitrogen and oxygen atoms in total. The number of alkyl halides is 2. The van der Waals surface area contributed by atoms with Crippen LogP contribution in [-0.4, -0.2) is 47.1 Å². The van der Waals surface area contributed by atoms with Gasteiger partial charge in [0.15, 0.2) is 5.96 Å². The summed E-state index contributed by atoms with van der Waals surface area (Å²) in [5.41, 5.74) is 1.55. The van der Waals surface area contributed by atoms with Gasteiger partial charge in [-0.2, -0.15) is 8.78 Å². The number of guanidine groups is 1. The van der Waals surface area contributed by atoms with Crippen LogP contribution in [-0.2, 0) is 17.8 Å². The molecule has 0 spiro atoms. The van der Waals surface area contributed by atoms with Crippen LogP contribution in [0.15, 0.2) is 47.5 Å². The molecule has 2 rings (SSSR count). The van der Waals surface area contributed by atoms with E-state index in [0.29, 0.717) is 37.0 Å². The summed E-state index contributed by atoms with van der Waals surface area (Å²) in [6, 6.07) is 12.3. The summed E-state index contributed by atoms with van der Waals surface area (Å²) in [6.07, 6.45) is 0. The number of nitrogens with one attached hydrogen (secondary N) is 2. The monoisotopic (exact) mass is 551 g/mol. The van der Waals surface area contributed by atoms with E-state index in [1.165, 1.54) is 13.2 Å². The van der Waals surface area contributed by atoms with Gasteiger partial charge in [0.05, 0.1) is 13.7 Å². The van der Waals surface area contributed by atoms with Crippen molar-refractivity contribution in [3.63, 3.8) is 0 Å². The van der Waals surface area contributed by atoms with Gasteiger partial charge < -0.3 is 29.6 Å². The number of hydrogen-bond acceptors (Lipinski definition) is 5. The maximum atomic E-state index is 12.6. The minimum absolute atomic E-state index is 0. The fourth-order valence-corrected chi connectivity index (χ4v) is 2.56. The van der Waals surface area contributed by atoms with E-state index >= 15 is 0 Å². The van der Waals surface area contributed by atoms with E-state index in [4.69, 9.17) is 14.2 Å². The third-order valence-corrected chi connectivity index (χ3v) is 4.09. The van der Waals surface area contributed by atoms with Gasteiger partial charge >= 0.3 is 6.61 Å². The second-order valence-electron chi connectivity index (χ2n) is 6.12. The first kappa shape index (κ1) is 26.7. The molecule has 172 valence electrons. The first-order chi connectivity index (χ1) is 14.5. The van der Waals surface area contributed by atoms with Crippen LogP contribution in [0.1, 0.15) is 11.1 Å². The molecular weight excluding hydrogens is 523 g/mol. The van der Waals surface area contributed by atoms with Crippen molar-refractivity contribution in [3.05, 3.63) is 53.6 Å².